The minimum Gasteiger partial charge on any atom is -0.478 e. The number of aromatic nitrogens is 2. The number of carboxylic acids is 1. The van der Waals surface area contributed by atoms with Crippen molar-refractivity contribution in [3.8, 4) is 28.3 Å². The largest absolute Gasteiger partial charge is 0.478 e. The molecule has 9 nitrogen and oxygen atoms in total. The van der Waals surface area contributed by atoms with Gasteiger partial charge in [-0.3, -0.25) is 4.79 Å². The Balaban J connectivity index is 1.48. The molecule has 1 aromatic heterocycles. The minimum atomic E-state index is -1.16. The number of halogens is 1. The lowest BCUT2D eigenvalue weighted by Gasteiger charge is -2.29. The summed E-state index contributed by atoms with van der Waals surface area (Å²) in [4.78, 5) is 41.8. The van der Waals surface area contributed by atoms with E-state index in [2.05, 4.69) is 13.0 Å². The molecule has 0 bridgehead atoms. The van der Waals surface area contributed by atoms with Crippen LogP contribution in [0.2, 0.25) is 5.02 Å². The maximum atomic E-state index is 14.4. The quantitative estimate of drug-likeness (QED) is 0.140. The molecule has 6 rings (SSSR count). The van der Waals surface area contributed by atoms with Crippen LogP contribution < -0.4 is 4.74 Å². The molecular weight excluding hydrogens is 642 g/mol. The van der Waals surface area contributed by atoms with Crippen molar-refractivity contribution >= 4 is 29.4 Å². The molecule has 0 saturated heterocycles. The van der Waals surface area contributed by atoms with E-state index in [1.807, 2.05) is 36.4 Å². The number of aromatic carboxylic acids is 1. The Labute approximate surface area is 289 Å². The van der Waals surface area contributed by atoms with E-state index in [9.17, 15) is 19.5 Å². The molecule has 0 saturated carbocycles. The van der Waals surface area contributed by atoms with Crippen LogP contribution in [0.15, 0.2) is 91.0 Å². The molecule has 10 heteroatoms. The predicted octanol–water partition coefficient (Wildman–Crippen LogP) is 8.40. The van der Waals surface area contributed by atoms with Crippen molar-refractivity contribution in [2.45, 2.75) is 46.1 Å². The van der Waals surface area contributed by atoms with E-state index in [-0.39, 0.29) is 29.3 Å². The number of unbranched alkanes of at least 4 members (excludes halogenated alkanes) is 1. The van der Waals surface area contributed by atoms with Crippen LogP contribution in [0.4, 0.5) is 0 Å². The van der Waals surface area contributed by atoms with E-state index in [1.54, 1.807) is 52.9 Å². The first-order valence-corrected chi connectivity index (χ1v) is 16.7. The molecule has 1 N–H and O–H groups in total. The Hall–Kier alpha value is -5.41. The molecule has 0 fully saturated rings. The molecule has 2 heterocycles. The van der Waals surface area contributed by atoms with Gasteiger partial charge in [0.25, 0.3) is 5.91 Å². The highest BCUT2D eigenvalue weighted by molar-refractivity contribution is 6.30. The van der Waals surface area contributed by atoms with Crippen LogP contribution in [-0.2, 0) is 24.1 Å². The van der Waals surface area contributed by atoms with Crippen LogP contribution in [0.5, 0.6) is 11.5 Å². The number of amides is 1. The second-order valence-electron chi connectivity index (χ2n) is 11.8. The monoisotopic (exact) mass is 677 g/mol. The van der Waals surface area contributed by atoms with Gasteiger partial charge in [-0.2, -0.15) is 5.10 Å². The van der Waals surface area contributed by atoms with Gasteiger partial charge in [-0.05, 0) is 97.5 Å². The molecule has 250 valence electrons. The van der Waals surface area contributed by atoms with Crippen LogP contribution >= 0.6 is 11.6 Å². The topological polar surface area (TPSA) is 111 Å². The first-order chi connectivity index (χ1) is 23.8. The number of esters is 1. The molecule has 1 aliphatic heterocycles. The number of benzene rings is 4. The normalized spacial score (nSPS) is 12.3. The van der Waals surface area contributed by atoms with Gasteiger partial charge in [0, 0.05) is 29.2 Å². The Morgan fingerprint density at radius 1 is 0.898 bits per heavy atom. The van der Waals surface area contributed by atoms with Gasteiger partial charge in [0.2, 0.25) is 0 Å². The average Bonchev–Trinajstić information content (AvgIpc) is 3.49. The van der Waals surface area contributed by atoms with Crippen LogP contribution in [-0.4, -0.2) is 50.8 Å². The summed E-state index contributed by atoms with van der Waals surface area (Å²) in [7, 11) is 0. The number of nitrogens with zero attached hydrogens (tertiary/aromatic N) is 3. The Morgan fingerprint density at radius 3 is 2.39 bits per heavy atom. The van der Waals surface area contributed by atoms with Crippen molar-refractivity contribution in [3.05, 3.63) is 130 Å². The second kappa shape index (κ2) is 14.8. The predicted molar refractivity (Wildman–Crippen MR) is 187 cm³/mol. The second-order valence-corrected chi connectivity index (χ2v) is 12.2. The van der Waals surface area contributed by atoms with Crippen molar-refractivity contribution < 1.29 is 29.0 Å². The number of hydrogen-bond acceptors (Lipinski definition) is 6. The van der Waals surface area contributed by atoms with Gasteiger partial charge in [0.15, 0.2) is 5.69 Å². The number of carbonyl (C=O) groups excluding carboxylic acids is 2. The zero-order valence-corrected chi connectivity index (χ0v) is 28.1. The fraction of sp³-hybridized carbons (Fsp3) is 0.231. The summed E-state index contributed by atoms with van der Waals surface area (Å²) >= 11 is 6.13. The highest BCUT2D eigenvalue weighted by atomic mass is 35.5. The summed E-state index contributed by atoms with van der Waals surface area (Å²) in [6.45, 7) is 4.78. The van der Waals surface area contributed by atoms with E-state index >= 15 is 0 Å². The Bertz CT molecular complexity index is 2020. The van der Waals surface area contributed by atoms with E-state index in [0.29, 0.717) is 65.0 Å². The molecule has 1 aliphatic rings. The molecule has 0 radical (unpaired) electrons. The number of fused-ring (bicyclic) bond motifs is 1. The number of rotatable bonds is 11. The van der Waals surface area contributed by atoms with E-state index < -0.39 is 11.9 Å². The highest BCUT2D eigenvalue weighted by Gasteiger charge is 2.31. The first-order valence-electron chi connectivity index (χ1n) is 16.3. The van der Waals surface area contributed by atoms with Gasteiger partial charge in [-0.25, -0.2) is 14.3 Å². The molecule has 1 amide bonds. The number of carbonyl (C=O) groups is 3. The minimum absolute atomic E-state index is 0.0278. The third-order valence-electron chi connectivity index (χ3n) is 8.51. The SMILES string of the molecule is CCCCc1c(-c2ccc(C(=O)O)cc2C(=O)N2CCc3ccccc3C2)c(C(=O)OCC)nn1-c1ccc(Oc2cccc(Cl)c2)cc1. The van der Waals surface area contributed by atoms with Gasteiger partial charge in [-0.1, -0.05) is 61.3 Å². The number of ether oxygens (including phenoxy) is 2. The van der Waals surface area contributed by atoms with Crippen LogP contribution in [0.3, 0.4) is 0 Å². The van der Waals surface area contributed by atoms with Crippen LogP contribution in [0.1, 0.15) is 74.7 Å². The molecule has 0 aliphatic carbocycles. The Morgan fingerprint density at radius 2 is 1.67 bits per heavy atom. The molecule has 4 aromatic carbocycles. The van der Waals surface area contributed by atoms with Gasteiger partial charge >= 0.3 is 11.9 Å². The van der Waals surface area contributed by atoms with E-state index in [0.717, 1.165) is 18.4 Å². The fourth-order valence-electron chi connectivity index (χ4n) is 6.10. The molecule has 0 atom stereocenters. The number of carboxylic acid groups (broad SMARTS) is 1. The third-order valence-corrected chi connectivity index (χ3v) is 8.75. The molecule has 49 heavy (non-hydrogen) atoms. The highest BCUT2D eigenvalue weighted by Crippen LogP contribution is 2.36. The van der Waals surface area contributed by atoms with Gasteiger partial charge in [0.05, 0.1) is 23.6 Å². The van der Waals surface area contributed by atoms with E-state index in [4.69, 9.17) is 26.2 Å². The maximum absolute atomic E-state index is 14.4. The van der Waals surface area contributed by atoms with Gasteiger partial charge in [0.1, 0.15) is 11.5 Å². The van der Waals surface area contributed by atoms with Crippen molar-refractivity contribution in [1.82, 2.24) is 14.7 Å². The van der Waals surface area contributed by atoms with E-state index in [1.165, 1.54) is 17.7 Å². The van der Waals surface area contributed by atoms with Gasteiger partial charge in [-0.15, -0.1) is 0 Å². The van der Waals surface area contributed by atoms with Crippen molar-refractivity contribution in [2.24, 2.45) is 0 Å². The van der Waals surface area contributed by atoms with Gasteiger partial charge < -0.3 is 19.5 Å². The zero-order valence-electron chi connectivity index (χ0n) is 27.3. The summed E-state index contributed by atoms with van der Waals surface area (Å²) in [5, 5.41) is 15.3. The third kappa shape index (κ3) is 7.22. The molecule has 0 spiro atoms. The van der Waals surface area contributed by atoms with Crippen LogP contribution in [0.25, 0.3) is 16.8 Å². The average molecular weight is 678 g/mol. The van der Waals surface area contributed by atoms with Crippen molar-refractivity contribution in [1.29, 1.82) is 0 Å². The summed E-state index contributed by atoms with van der Waals surface area (Å²) in [6.07, 6.45) is 2.85. The molecular formula is C39H36ClN3O6. The smallest absolute Gasteiger partial charge is 0.359 e. The zero-order chi connectivity index (χ0) is 34.5. The summed E-state index contributed by atoms with van der Waals surface area (Å²) < 4.78 is 13.2. The van der Waals surface area contributed by atoms with Crippen molar-refractivity contribution in [2.75, 3.05) is 13.2 Å². The van der Waals surface area contributed by atoms with Crippen LogP contribution in [0, 0.1) is 0 Å². The summed E-state index contributed by atoms with van der Waals surface area (Å²) in [6, 6.07) is 26.8. The lowest BCUT2D eigenvalue weighted by atomic mass is 9.92. The lowest BCUT2D eigenvalue weighted by Crippen LogP contribution is -2.36. The fourth-order valence-corrected chi connectivity index (χ4v) is 6.28. The summed E-state index contributed by atoms with van der Waals surface area (Å²) in [5.41, 5.74) is 4.69. The lowest BCUT2D eigenvalue weighted by molar-refractivity contribution is 0.0518. The maximum Gasteiger partial charge on any atom is 0.359 e. The molecule has 0 unspecified atom stereocenters. The molecule has 5 aromatic rings. The van der Waals surface area contributed by atoms with Crippen molar-refractivity contribution in [3.63, 3.8) is 0 Å². The summed E-state index contributed by atoms with van der Waals surface area (Å²) in [5.74, 6) is -0.938. The Kier molecular flexibility index (Phi) is 10.1. The first kappa shape index (κ1) is 33.5. The number of hydrogen-bond donors (Lipinski definition) is 1. The standard InChI is InChI=1S/C39H36ClN3O6/c1-3-5-13-34-35(32-19-14-26(38(45)46)22-33(32)37(44)42-21-20-25-9-6-7-10-27(25)24-42)36(39(47)48-4-2)41-43(34)29-15-17-30(18-16-29)49-31-12-8-11-28(40)23-31/h6-12,14-19,22-23H,3-5,13,20-21,24H2,1-2H3,(H,45,46).